The van der Waals surface area contributed by atoms with Crippen LogP contribution in [0.2, 0.25) is 10.0 Å². The van der Waals surface area contributed by atoms with Crippen molar-refractivity contribution in [3.05, 3.63) is 58.1 Å². The molecule has 0 saturated carbocycles. The van der Waals surface area contributed by atoms with E-state index in [1.165, 1.54) is 12.1 Å². The molecule has 3 rings (SSSR count). The van der Waals surface area contributed by atoms with Gasteiger partial charge in [-0.1, -0.05) is 23.2 Å². The van der Waals surface area contributed by atoms with Crippen molar-refractivity contribution >= 4 is 40.1 Å². The van der Waals surface area contributed by atoms with Crippen molar-refractivity contribution in [2.24, 2.45) is 0 Å². The first kappa shape index (κ1) is 13.0. The van der Waals surface area contributed by atoms with Gasteiger partial charge in [-0.05, 0) is 42.5 Å². The van der Waals surface area contributed by atoms with Crippen molar-refractivity contribution in [3.63, 3.8) is 0 Å². The number of aromatic carboxylic acids is 1. The SMILES string of the molecule is O=C(O)c1ccc(Cl)cc1-c1cc2cc(Cl)ccc2o1. The molecule has 0 aliphatic carbocycles. The summed E-state index contributed by atoms with van der Waals surface area (Å²) in [6.45, 7) is 0. The number of hydrogen-bond donors (Lipinski definition) is 1. The Morgan fingerprint density at radius 3 is 2.45 bits per heavy atom. The number of furan rings is 1. The molecule has 0 saturated heterocycles. The minimum absolute atomic E-state index is 0.138. The molecule has 3 aromatic rings. The molecular formula is C15H8Cl2O3. The fourth-order valence-corrected chi connectivity index (χ4v) is 2.41. The van der Waals surface area contributed by atoms with Crippen molar-refractivity contribution in [2.75, 3.05) is 0 Å². The molecule has 2 aromatic carbocycles. The molecule has 0 aliphatic heterocycles. The fourth-order valence-electron chi connectivity index (χ4n) is 2.05. The fraction of sp³-hybridized carbons (Fsp3) is 0. The lowest BCUT2D eigenvalue weighted by Gasteiger charge is -2.03. The second kappa shape index (κ2) is 4.85. The first-order valence-corrected chi connectivity index (χ1v) is 6.52. The van der Waals surface area contributed by atoms with E-state index in [4.69, 9.17) is 27.6 Å². The Balaban J connectivity index is 2.24. The quantitative estimate of drug-likeness (QED) is 0.716. The summed E-state index contributed by atoms with van der Waals surface area (Å²) in [5.74, 6) is -0.586. The highest BCUT2D eigenvalue weighted by Gasteiger charge is 2.16. The molecule has 1 heterocycles. The first-order valence-electron chi connectivity index (χ1n) is 5.77. The molecule has 0 bridgehead atoms. The van der Waals surface area contributed by atoms with Gasteiger partial charge in [-0.2, -0.15) is 0 Å². The number of carboxylic acids is 1. The third kappa shape index (κ3) is 2.26. The van der Waals surface area contributed by atoms with Gasteiger partial charge >= 0.3 is 5.97 Å². The maximum atomic E-state index is 11.3. The Bertz CT molecular complexity index is 821. The number of benzene rings is 2. The standard InChI is InChI=1S/C15H8Cl2O3/c16-9-2-4-13-8(5-9)6-14(20-13)12-7-10(17)1-3-11(12)15(18)19/h1-7H,(H,18,19). The van der Waals surface area contributed by atoms with Crippen LogP contribution in [-0.2, 0) is 0 Å². The van der Waals surface area contributed by atoms with E-state index in [-0.39, 0.29) is 5.56 Å². The molecule has 3 nitrogen and oxygen atoms in total. The average molecular weight is 307 g/mol. The third-order valence-corrected chi connectivity index (χ3v) is 3.43. The summed E-state index contributed by atoms with van der Waals surface area (Å²) in [7, 11) is 0. The minimum Gasteiger partial charge on any atom is -0.478 e. The molecule has 1 N–H and O–H groups in total. The highest BCUT2D eigenvalue weighted by Crippen LogP contribution is 2.33. The van der Waals surface area contributed by atoms with Crippen LogP contribution in [0.5, 0.6) is 0 Å². The van der Waals surface area contributed by atoms with Gasteiger partial charge in [0.2, 0.25) is 0 Å². The Labute approximate surface area is 124 Å². The van der Waals surface area contributed by atoms with Gasteiger partial charge in [0.1, 0.15) is 11.3 Å². The predicted octanol–water partition coefficient (Wildman–Crippen LogP) is 5.10. The van der Waals surface area contributed by atoms with Crippen LogP contribution in [0, 0.1) is 0 Å². The van der Waals surface area contributed by atoms with Crippen LogP contribution in [0.4, 0.5) is 0 Å². The van der Waals surface area contributed by atoms with E-state index < -0.39 is 5.97 Å². The lowest BCUT2D eigenvalue weighted by molar-refractivity contribution is 0.0697. The Kier molecular flexibility index (Phi) is 3.16. The van der Waals surface area contributed by atoms with Crippen LogP contribution in [0.1, 0.15) is 10.4 Å². The molecule has 5 heteroatoms. The van der Waals surface area contributed by atoms with E-state index in [0.717, 1.165) is 5.39 Å². The van der Waals surface area contributed by atoms with Crippen LogP contribution < -0.4 is 0 Å². The number of carbonyl (C=O) groups is 1. The number of halogens is 2. The molecule has 0 aliphatic rings. The summed E-state index contributed by atoms with van der Waals surface area (Å²) in [4.78, 5) is 11.3. The van der Waals surface area contributed by atoms with Crippen molar-refractivity contribution in [2.45, 2.75) is 0 Å². The van der Waals surface area contributed by atoms with Gasteiger partial charge in [0.15, 0.2) is 0 Å². The summed E-state index contributed by atoms with van der Waals surface area (Å²) < 4.78 is 5.67. The zero-order valence-electron chi connectivity index (χ0n) is 10.1. The average Bonchev–Trinajstić information content (AvgIpc) is 2.81. The number of hydrogen-bond acceptors (Lipinski definition) is 2. The molecule has 0 atom stereocenters. The van der Waals surface area contributed by atoms with Gasteiger partial charge in [0.25, 0.3) is 0 Å². The molecule has 100 valence electrons. The molecule has 0 fully saturated rings. The van der Waals surface area contributed by atoms with E-state index in [1.54, 1.807) is 30.3 Å². The number of fused-ring (bicyclic) bond motifs is 1. The largest absolute Gasteiger partial charge is 0.478 e. The lowest BCUT2D eigenvalue weighted by Crippen LogP contribution is -1.98. The van der Waals surface area contributed by atoms with Crippen LogP contribution in [0.15, 0.2) is 46.9 Å². The van der Waals surface area contributed by atoms with Gasteiger partial charge in [-0.3, -0.25) is 0 Å². The van der Waals surface area contributed by atoms with Crippen LogP contribution in [0.3, 0.4) is 0 Å². The molecule has 0 unspecified atom stereocenters. The van der Waals surface area contributed by atoms with Gasteiger partial charge in [0.05, 0.1) is 5.56 Å². The zero-order chi connectivity index (χ0) is 14.3. The van der Waals surface area contributed by atoms with E-state index in [9.17, 15) is 9.90 Å². The van der Waals surface area contributed by atoms with Crippen LogP contribution in [0.25, 0.3) is 22.3 Å². The number of carboxylic acid groups (broad SMARTS) is 1. The molecule has 0 amide bonds. The van der Waals surface area contributed by atoms with E-state index in [0.29, 0.717) is 27.0 Å². The normalized spacial score (nSPS) is 10.9. The highest BCUT2D eigenvalue weighted by molar-refractivity contribution is 6.31. The maximum Gasteiger partial charge on any atom is 0.336 e. The summed E-state index contributed by atoms with van der Waals surface area (Å²) in [6.07, 6.45) is 0. The summed E-state index contributed by atoms with van der Waals surface area (Å²) >= 11 is 11.9. The topological polar surface area (TPSA) is 50.4 Å². The third-order valence-electron chi connectivity index (χ3n) is 2.96. The van der Waals surface area contributed by atoms with Gasteiger partial charge in [0, 0.05) is 21.0 Å². The van der Waals surface area contributed by atoms with Crippen molar-refractivity contribution in [3.8, 4) is 11.3 Å². The monoisotopic (exact) mass is 306 g/mol. The molecule has 20 heavy (non-hydrogen) atoms. The first-order chi connectivity index (χ1) is 9.54. The summed E-state index contributed by atoms with van der Waals surface area (Å²) in [5, 5.41) is 11.1. The summed E-state index contributed by atoms with van der Waals surface area (Å²) in [5.41, 5.74) is 1.22. The number of rotatable bonds is 2. The Hall–Kier alpha value is -1.97. The van der Waals surface area contributed by atoms with Crippen LogP contribution >= 0.6 is 23.2 Å². The highest BCUT2D eigenvalue weighted by atomic mass is 35.5. The van der Waals surface area contributed by atoms with Crippen molar-refractivity contribution in [1.82, 2.24) is 0 Å². The van der Waals surface area contributed by atoms with Gasteiger partial charge < -0.3 is 9.52 Å². The van der Waals surface area contributed by atoms with Crippen molar-refractivity contribution in [1.29, 1.82) is 0 Å². The second-order valence-electron chi connectivity index (χ2n) is 4.29. The molecular weight excluding hydrogens is 299 g/mol. The smallest absolute Gasteiger partial charge is 0.336 e. The second-order valence-corrected chi connectivity index (χ2v) is 5.16. The maximum absolute atomic E-state index is 11.3. The Morgan fingerprint density at radius 2 is 1.70 bits per heavy atom. The van der Waals surface area contributed by atoms with Gasteiger partial charge in [-0.25, -0.2) is 4.79 Å². The van der Waals surface area contributed by atoms with Gasteiger partial charge in [-0.15, -0.1) is 0 Å². The summed E-state index contributed by atoms with van der Waals surface area (Å²) in [6, 6.07) is 11.5. The predicted molar refractivity (Wildman–Crippen MR) is 78.6 cm³/mol. The minimum atomic E-state index is -1.03. The molecule has 0 radical (unpaired) electrons. The van der Waals surface area contributed by atoms with E-state index in [1.807, 2.05) is 0 Å². The van der Waals surface area contributed by atoms with E-state index in [2.05, 4.69) is 0 Å². The Morgan fingerprint density at radius 1 is 1.00 bits per heavy atom. The van der Waals surface area contributed by atoms with Crippen molar-refractivity contribution < 1.29 is 14.3 Å². The zero-order valence-corrected chi connectivity index (χ0v) is 11.6. The van der Waals surface area contributed by atoms with E-state index >= 15 is 0 Å². The van der Waals surface area contributed by atoms with Crippen LogP contribution in [-0.4, -0.2) is 11.1 Å². The molecule has 1 aromatic heterocycles. The lowest BCUT2D eigenvalue weighted by atomic mass is 10.1. The molecule has 0 spiro atoms.